The van der Waals surface area contributed by atoms with Gasteiger partial charge in [0, 0.05) is 38.2 Å². The van der Waals surface area contributed by atoms with Crippen LogP contribution in [0.5, 0.6) is 0 Å². The Hall–Kier alpha value is -3.40. The maximum Gasteiger partial charge on any atom is 0.309 e. The molecule has 0 aromatic heterocycles. The standard InChI is InChI=1S/C46H73NO16/c1-5-6-7-8-9-10-11-12-13-14-15-16-17-18-35(62-45-43(56)41(47)42(55)31(4)61-45)26-39-36(44(57)58)21-22-46(59,63-39)27-34(51)24-38(53)37(52)20-19-32(49)23-33(50)25-40(54)60-30(3)29(2)28-48/h5-18,29-39,41-43,45,48-53,55-56,59H,19-28,47H2,1-4H3,(H,57,58)/b6-5+,8-7+,10-9+,12-11+,14-13+,16-15+,18-17+/t29-,30+,31?,32?,33?,34?,35?,36?,37?,38?,39+,41?,42?,43?,45?,46?/m1/s1. The number of carboxylic acid groups (broad SMARTS) is 1. The number of aliphatic hydroxyl groups is 9. The molecule has 2 rings (SSSR count). The summed E-state index contributed by atoms with van der Waals surface area (Å²) in [7, 11) is 0. The summed E-state index contributed by atoms with van der Waals surface area (Å²) in [4.78, 5) is 24.5. The lowest BCUT2D eigenvalue weighted by Gasteiger charge is -2.43. The van der Waals surface area contributed by atoms with Crippen molar-refractivity contribution in [1.82, 2.24) is 0 Å². The van der Waals surface area contributed by atoms with Gasteiger partial charge in [-0.05, 0) is 46.5 Å². The number of hydrogen-bond acceptors (Lipinski definition) is 16. The van der Waals surface area contributed by atoms with Gasteiger partial charge in [-0.15, -0.1) is 0 Å². The van der Waals surface area contributed by atoms with Crippen LogP contribution in [0.2, 0.25) is 0 Å². The Morgan fingerprint density at radius 2 is 1.41 bits per heavy atom. The van der Waals surface area contributed by atoms with Crippen LogP contribution in [0.4, 0.5) is 0 Å². The molecule has 16 atom stereocenters. The number of carbonyl (C=O) groups excluding carboxylic acids is 1. The van der Waals surface area contributed by atoms with Crippen molar-refractivity contribution in [2.75, 3.05) is 6.61 Å². The second-order valence-corrected chi connectivity index (χ2v) is 16.5. The molecule has 17 heteroatoms. The predicted molar refractivity (Wildman–Crippen MR) is 233 cm³/mol. The zero-order valence-electron chi connectivity index (χ0n) is 36.8. The zero-order chi connectivity index (χ0) is 47.1. The largest absolute Gasteiger partial charge is 0.481 e. The predicted octanol–water partition coefficient (Wildman–Crippen LogP) is 1.74. The fourth-order valence-corrected chi connectivity index (χ4v) is 7.01. The molecule has 0 amide bonds. The van der Waals surface area contributed by atoms with Gasteiger partial charge < -0.3 is 75.7 Å². The molecule has 2 aliphatic rings. The maximum atomic E-state index is 12.4. The number of allylic oxidation sites excluding steroid dienone is 13. The Morgan fingerprint density at radius 1 is 0.825 bits per heavy atom. The van der Waals surface area contributed by atoms with E-state index < -0.39 is 116 Å². The molecule has 0 aliphatic carbocycles. The molecule has 0 saturated carbocycles. The Balaban J connectivity index is 2.07. The number of aliphatic carboxylic acids is 1. The molecule has 0 aromatic carbocycles. The second-order valence-electron chi connectivity index (χ2n) is 16.5. The smallest absolute Gasteiger partial charge is 0.309 e. The van der Waals surface area contributed by atoms with Crippen molar-refractivity contribution in [2.45, 2.75) is 171 Å². The summed E-state index contributed by atoms with van der Waals surface area (Å²) in [5, 5.41) is 105. The topological polar surface area (TPSA) is 299 Å². The number of rotatable bonds is 27. The molecule has 0 bridgehead atoms. The van der Waals surface area contributed by atoms with Gasteiger partial charge in [0.1, 0.15) is 12.2 Å². The molecular weight excluding hydrogens is 822 g/mol. The number of aliphatic hydroxyl groups excluding tert-OH is 8. The fraction of sp³-hybridized carbons (Fsp3) is 0.652. The van der Waals surface area contributed by atoms with Gasteiger partial charge in [-0.25, -0.2) is 0 Å². The molecular formula is C46H73NO16. The second kappa shape index (κ2) is 29.2. The van der Waals surface area contributed by atoms with Crippen LogP contribution in [-0.2, 0) is 28.5 Å². The van der Waals surface area contributed by atoms with Gasteiger partial charge in [-0.1, -0.05) is 92.0 Å². The number of hydrogen-bond donors (Lipinski definition) is 11. The van der Waals surface area contributed by atoms with Gasteiger partial charge in [0.05, 0.1) is 73.3 Å². The summed E-state index contributed by atoms with van der Waals surface area (Å²) >= 11 is 0. The van der Waals surface area contributed by atoms with E-state index in [4.69, 9.17) is 24.7 Å². The first kappa shape index (κ1) is 55.7. The van der Waals surface area contributed by atoms with E-state index >= 15 is 0 Å². The van der Waals surface area contributed by atoms with Gasteiger partial charge in [-0.2, -0.15) is 0 Å². The van der Waals surface area contributed by atoms with Crippen molar-refractivity contribution < 1.29 is 79.6 Å². The van der Waals surface area contributed by atoms with E-state index in [2.05, 4.69) is 0 Å². The molecule has 0 radical (unpaired) electrons. The van der Waals surface area contributed by atoms with Gasteiger partial charge in [-0.3, -0.25) is 9.59 Å². The van der Waals surface area contributed by atoms with E-state index in [-0.39, 0.29) is 57.5 Å². The zero-order valence-corrected chi connectivity index (χ0v) is 36.8. The van der Waals surface area contributed by atoms with Crippen LogP contribution in [0.25, 0.3) is 0 Å². The first-order valence-electron chi connectivity index (χ1n) is 21.7. The molecule has 2 aliphatic heterocycles. The number of nitrogens with two attached hydrogens (primary N) is 1. The molecule has 17 nitrogen and oxygen atoms in total. The van der Waals surface area contributed by atoms with E-state index in [1.807, 2.05) is 61.6 Å². The first-order valence-corrected chi connectivity index (χ1v) is 21.7. The fourth-order valence-electron chi connectivity index (χ4n) is 7.01. The number of ether oxygens (including phenoxy) is 4. The molecule has 2 heterocycles. The summed E-state index contributed by atoms with van der Waals surface area (Å²) in [5.74, 6) is -5.35. The van der Waals surface area contributed by atoms with Gasteiger partial charge in [0.15, 0.2) is 12.1 Å². The highest BCUT2D eigenvalue weighted by molar-refractivity contribution is 5.71. The van der Waals surface area contributed by atoms with E-state index in [0.29, 0.717) is 0 Å². The summed E-state index contributed by atoms with van der Waals surface area (Å²) in [6, 6.07) is -1.10. The number of carboxylic acids is 1. The highest BCUT2D eigenvalue weighted by Crippen LogP contribution is 2.38. The maximum absolute atomic E-state index is 12.4. The van der Waals surface area contributed by atoms with E-state index in [9.17, 15) is 60.7 Å². The monoisotopic (exact) mass is 895 g/mol. The average Bonchev–Trinajstić information content (AvgIpc) is 3.21. The van der Waals surface area contributed by atoms with Gasteiger partial charge in [0.25, 0.3) is 0 Å². The molecule has 12 N–H and O–H groups in total. The van der Waals surface area contributed by atoms with Crippen LogP contribution in [0, 0.1) is 11.8 Å². The Kier molecular flexibility index (Phi) is 25.8. The highest BCUT2D eigenvalue weighted by atomic mass is 16.7. The van der Waals surface area contributed by atoms with Crippen LogP contribution < -0.4 is 5.73 Å². The third kappa shape index (κ3) is 21.0. The molecule has 2 fully saturated rings. The molecule has 2 saturated heterocycles. The minimum atomic E-state index is -2.05. The van der Waals surface area contributed by atoms with Crippen LogP contribution in [0.1, 0.15) is 85.5 Å². The third-order valence-corrected chi connectivity index (χ3v) is 11.1. The van der Waals surface area contributed by atoms with Crippen molar-refractivity contribution in [3.63, 3.8) is 0 Å². The first-order chi connectivity index (χ1) is 29.8. The third-order valence-electron chi connectivity index (χ3n) is 11.1. The van der Waals surface area contributed by atoms with Crippen molar-refractivity contribution in [3.8, 4) is 0 Å². The lowest BCUT2D eigenvalue weighted by molar-refractivity contribution is -0.295. The Bertz CT molecular complexity index is 1550. The lowest BCUT2D eigenvalue weighted by Crippen LogP contribution is -2.61. The Labute approximate surface area is 370 Å². The van der Waals surface area contributed by atoms with Crippen molar-refractivity contribution >= 4 is 11.9 Å². The lowest BCUT2D eigenvalue weighted by atomic mass is 9.85. The summed E-state index contributed by atoms with van der Waals surface area (Å²) in [6.45, 7) is 6.62. The minimum Gasteiger partial charge on any atom is -0.481 e. The number of carbonyl (C=O) groups is 2. The van der Waals surface area contributed by atoms with Gasteiger partial charge in [0.2, 0.25) is 0 Å². The van der Waals surface area contributed by atoms with Crippen LogP contribution in [0.3, 0.4) is 0 Å². The normalized spacial score (nSPS) is 30.2. The van der Waals surface area contributed by atoms with E-state index in [1.54, 1.807) is 51.2 Å². The summed E-state index contributed by atoms with van der Waals surface area (Å²) in [5.41, 5.74) is 6.02. The average molecular weight is 896 g/mol. The van der Waals surface area contributed by atoms with E-state index in [1.165, 1.54) is 0 Å². The highest BCUT2D eigenvalue weighted by Gasteiger charge is 2.47. The summed E-state index contributed by atoms with van der Waals surface area (Å²) in [6.07, 6.45) is 9.14. The molecule has 358 valence electrons. The van der Waals surface area contributed by atoms with Crippen molar-refractivity contribution in [1.29, 1.82) is 0 Å². The number of esters is 1. The minimum absolute atomic E-state index is 0.0523. The van der Waals surface area contributed by atoms with Crippen LogP contribution >= 0.6 is 0 Å². The molecule has 63 heavy (non-hydrogen) atoms. The van der Waals surface area contributed by atoms with Gasteiger partial charge >= 0.3 is 11.9 Å². The molecule has 13 unspecified atom stereocenters. The molecule has 0 spiro atoms. The quantitative estimate of drug-likeness (QED) is 0.0413. The molecule has 0 aromatic rings. The SMILES string of the molecule is C/C=C/C=C/C=C/C=C/C=C/C=C/C=C/C(C[C@@H]1OC(O)(CC(O)CC(O)C(O)CCC(O)CC(O)CC(=O)O[C@@H](C)[C@H](C)CO)CCC1C(=O)O)OC1OC(C)C(O)C(N)C1O. The Morgan fingerprint density at radius 3 is 1.98 bits per heavy atom. The summed E-state index contributed by atoms with van der Waals surface area (Å²) < 4.78 is 23.0. The van der Waals surface area contributed by atoms with Crippen molar-refractivity contribution in [3.05, 3.63) is 85.1 Å². The van der Waals surface area contributed by atoms with E-state index in [0.717, 1.165) is 0 Å². The van der Waals surface area contributed by atoms with Crippen molar-refractivity contribution in [2.24, 2.45) is 17.6 Å². The van der Waals surface area contributed by atoms with Crippen LogP contribution in [0.15, 0.2) is 85.1 Å². The van der Waals surface area contributed by atoms with Crippen LogP contribution in [-0.4, -0.2) is 155 Å².